The van der Waals surface area contributed by atoms with Crippen LogP contribution in [0.1, 0.15) is 11.1 Å². The van der Waals surface area contributed by atoms with E-state index >= 15 is 4.39 Å². The summed E-state index contributed by atoms with van der Waals surface area (Å²) in [5.74, 6) is -0.550. The first-order chi connectivity index (χ1) is 22.3. The molecular formula is C31H24ClF4N5O4S2. The predicted molar refractivity (Wildman–Crippen MR) is 169 cm³/mol. The zero-order valence-corrected chi connectivity index (χ0v) is 26.9. The second-order valence-corrected chi connectivity index (χ2v) is 12.9. The number of hydrogen-bond acceptors (Lipinski definition) is 9. The van der Waals surface area contributed by atoms with Gasteiger partial charge in [-0.2, -0.15) is 13.2 Å². The lowest BCUT2D eigenvalue weighted by Crippen LogP contribution is -2.25. The highest BCUT2D eigenvalue weighted by Gasteiger charge is 2.32. The smallest absolute Gasteiger partial charge is 0.416 e. The second kappa shape index (κ2) is 13.7. The van der Waals surface area contributed by atoms with Gasteiger partial charge in [-0.1, -0.05) is 29.4 Å². The van der Waals surface area contributed by atoms with Crippen molar-refractivity contribution in [3.05, 3.63) is 101 Å². The number of benzene rings is 3. The van der Waals surface area contributed by atoms with Crippen molar-refractivity contribution in [1.82, 2.24) is 19.7 Å². The van der Waals surface area contributed by atoms with E-state index in [2.05, 4.69) is 19.7 Å². The standard InChI is InChI=1S/C31H24ClF4N5O4S2/c1-44-20-6-4-18(23(14-20)45-2)16-41-47(42,43)25-15-22(32)29(27(28(25)33)30-39-9-3-10-40-30)46-24-7-5-19(31(34,35)36)13-21(24)17-8-11-38-26(37)12-17/h3-15,41H,16H2,1-2H3,(H2,37,38). The third-order valence-corrected chi connectivity index (χ3v) is 9.79. The lowest BCUT2D eigenvalue weighted by atomic mass is 10.0. The lowest BCUT2D eigenvalue weighted by Gasteiger charge is -2.18. The summed E-state index contributed by atoms with van der Waals surface area (Å²) in [5.41, 5.74) is 5.35. The highest BCUT2D eigenvalue weighted by Crippen LogP contribution is 2.47. The van der Waals surface area contributed by atoms with Crippen molar-refractivity contribution >= 4 is 39.2 Å². The van der Waals surface area contributed by atoms with Gasteiger partial charge in [0.25, 0.3) is 0 Å². The van der Waals surface area contributed by atoms with Gasteiger partial charge >= 0.3 is 6.18 Å². The minimum Gasteiger partial charge on any atom is -0.497 e. The second-order valence-electron chi connectivity index (χ2n) is 9.73. The SMILES string of the molecule is COc1ccc(CNS(=O)(=O)c2cc(Cl)c(Sc3ccc(C(F)(F)F)cc3-c3ccnc(N)c3)c(-c3ncccn3)c2F)c(OC)c1. The molecule has 3 aromatic carbocycles. The van der Waals surface area contributed by atoms with E-state index in [9.17, 15) is 21.6 Å². The number of alkyl halides is 3. The van der Waals surface area contributed by atoms with Gasteiger partial charge in [-0.25, -0.2) is 32.5 Å². The largest absolute Gasteiger partial charge is 0.497 e. The number of nitrogen functional groups attached to an aromatic ring is 1. The van der Waals surface area contributed by atoms with Gasteiger partial charge in [0, 0.05) is 46.6 Å². The van der Waals surface area contributed by atoms with Crippen LogP contribution in [-0.4, -0.2) is 37.6 Å². The fraction of sp³-hybridized carbons (Fsp3) is 0.129. The number of sulfonamides is 1. The monoisotopic (exact) mass is 705 g/mol. The summed E-state index contributed by atoms with van der Waals surface area (Å²) < 4.78 is 97.5. The maximum Gasteiger partial charge on any atom is 0.416 e. The van der Waals surface area contributed by atoms with Crippen molar-refractivity contribution in [2.75, 3.05) is 20.0 Å². The minimum absolute atomic E-state index is 0.0332. The highest BCUT2D eigenvalue weighted by molar-refractivity contribution is 7.99. The number of nitrogens with one attached hydrogen (secondary N) is 1. The van der Waals surface area contributed by atoms with E-state index in [0.717, 1.165) is 30.0 Å². The Balaban J connectivity index is 1.62. The summed E-state index contributed by atoms with van der Waals surface area (Å²) in [6, 6.07) is 13.0. The molecule has 0 radical (unpaired) electrons. The topological polar surface area (TPSA) is 129 Å². The van der Waals surface area contributed by atoms with Crippen LogP contribution in [0.25, 0.3) is 22.5 Å². The number of nitrogens with zero attached hydrogens (tertiary/aromatic N) is 3. The zero-order valence-electron chi connectivity index (χ0n) is 24.5. The van der Waals surface area contributed by atoms with E-state index in [1.54, 1.807) is 18.2 Å². The molecule has 0 saturated carbocycles. The maximum atomic E-state index is 16.5. The average molecular weight is 706 g/mol. The fourth-order valence-electron chi connectivity index (χ4n) is 4.50. The molecule has 9 nitrogen and oxygen atoms in total. The maximum absolute atomic E-state index is 16.5. The molecule has 244 valence electrons. The van der Waals surface area contributed by atoms with Crippen LogP contribution < -0.4 is 19.9 Å². The van der Waals surface area contributed by atoms with Crippen LogP contribution in [0.15, 0.2) is 93.9 Å². The van der Waals surface area contributed by atoms with Crippen molar-refractivity contribution in [1.29, 1.82) is 0 Å². The van der Waals surface area contributed by atoms with E-state index < -0.39 is 32.5 Å². The molecule has 0 bridgehead atoms. The molecule has 0 aliphatic rings. The molecule has 0 atom stereocenters. The molecule has 2 aromatic heterocycles. The lowest BCUT2D eigenvalue weighted by molar-refractivity contribution is -0.137. The first-order valence-electron chi connectivity index (χ1n) is 13.4. The van der Waals surface area contributed by atoms with Gasteiger partial charge in [0.2, 0.25) is 10.0 Å². The molecule has 0 amide bonds. The molecule has 0 aliphatic heterocycles. The molecule has 47 heavy (non-hydrogen) atoms. The summed E-state index contributed by atoms with van der Waals surface area (Å²) in [5, 5.41) is -0.221. The van der Waals surface area contributed by atoms with Gasteiger partial charge in [-0.05, 0) is 59.7 Å². The third-order valence-electron chi connectivity index (χ3n) is 6.77. The summed E-state index contributed by atoms with van der Waals surface area (Å²) in [7, 11) is -1.69. The Labute approximate surface area is 276 Å². The Bertz CT molecular complexity index is 2050. The highest BCUT2D eigenvalue weighted by atomic mass is 35.5. The van der Waals surface area contributed by atoms with Crippen LogP contribution in [-0.2, 0) is 22.7 Å². The van der Waals surface area contributed by atoms with Crippen LogP contribution >= 0.6 is 23.4 Å². The van der Waals surface area contributed by atoms with Crippen molar-refractivity contribution in [2.45, 2.75) is 27.4 Å². The van der Waals surface area contributed by atoms with Gasteiger partial charge in [0.05, 0.1) is 30.4 Å². The van der Waals surface area contributed by atoms with Crippen molar-refractivity contribution in [3.63, 3.8) is 0 Å². The number of halogens is 5. The van der Waals surface area contributed by atoms with E-state index in [-0.39, 0.29) is 44.1 Å². The Morgan fingerprint density at radius 2 is 1.70 bits per heavy atom. The molecule has 0 unspecified atom stereocenters. The Morgan fingerprint density at radius 1 is 0.957 bits per heavy atom. The van der Waals surface area contributed by atoms with Crippen LogP contribution in [0.5, 0.6) is 11.5 Å². The van der Waals surface area contributed by atoms with Gasteiger partial charge in [0.1, 0.15) is 22.2 Å². The van der Waals surface area contributed by atoms with Crippen molar-refractivity contribution in [2.24, 2.45) is 0 Å². The third kappa shape index (κ3) is 7.43. The number of ether oxygens (including phenoxy) is 2. The van der Waals surface area contributed by atoms with Crippen molar-refractivity contribution in [3.8, 4) is 34.0 Å². The number of aromatic nitrogens is 3. The number of pyridine rings is 1. The number of anilines is 1. The predicted octanol–water partition coefficient (Wildman–Crippen LogP) is 7.25. The average Bonchev–Trinajstić information content (AvgIpc) is 3.05. The zero-order chi connectivity index (χ0) is 33.9. The van der Waals surface area contributed by atoms with Crippen LogP contribution in [0.2, 0.25) is 5.02 Å². The Morgan fingerprint density at radius 3 is 2.36 bits per heavy atom. The quantitative estimate of drug-likeness (QED) is 0.144. The number of methoxy groups -OCH3 is 2. The molecular weight excluding hydrogens is 682 g/mol. The molecule has 0 spiro atoms. The molecule has 0 fully saturated rings. The van der Waals surface area contributed by atoms with Crippen LogP contribution in [0, 0.1) is 5.82 Å². The van der Waals surface area contributed by atoms with Crippen LogP contribution in [0.3, 0.4) is 0 Å². The van der Waals surface area contributed by atoms with Crippen LogP contribution in [0.4, 0.5) is 23.4 Å². The first-order valence-corrected chi connectivity index (χ1v) is 16.1. The summed E-state index contributed by atoms with van der Waals surface area (Å²) in [6.07, 6.45) is -0.683. The van der Waals surface area contributed by atoms with Gasteiger partial charge < -0.3 is 15.2 Å². The van der Waals surface area contributed by atoms with E-state index in [4.69, 9.17) is 26.8 Å². The molecule has 16 heteroatoms. The molecule has 0 aliphatic carbocycles. The Kier molecular flexibility index (Phi) is 9.91. The summed E-state index contributed by atoms with van der Waals surface area (Å²) >= 11 is 7.47. The summed E-state index contributed by atoms with van der Waals surface area (Å²) in [4.78, 5) is 11.5. The molecule has 3 N–H and O–H groups in total. The number of hydrogen-bond donors (Lipinski definition) is 2. The van der Waals surface area contributed by atoms with E-state index in [1.807, 2.05) is 0 Å². The minimum atomic E-state index is -4.66. The first kappa shape index (κ1) is 33.9. The van der Waals surface area contributed by atoms with Gasteiger partial charge in [-0.3, -0.25) is 0 Å². The molecule has 2 heterocycles. The van der Waals surface area contributed by atoms with E-state index in [0.29, 0.717) is 22.6 Å². The molecule has 5 aromatic rings. The summed E-state index contributed by atoms with van der Waals surface area (Å²) in [6.45, 7) is -0.274. The Hall–Kier alpha value is -4.44. The normalized spacial score (nSPS) is 11.8. The van der Waals surface area contributed by atoms with Gasteiger partial charge in [0.15, 0.2) is 11.6 Å². The molecule has 0 saturated heterocycles. The van der Waals surface area contributed by atoms with Crippen molar-refractivity contribution < 1.29 is 35.5 Å². The number of nitrogens with two attached hydrogens (primary N) is 1. The fourth-order valence-corrected chi connectivity index (χ4v) is 7.08. The molecule has 5 rings (SSSR count). The van der Waals surface area contributed by atoms with Gasteiger partial charge in [-0.15, -0.1) is 0 Å². The number of rotatable bonds is 10. The van der Waals surface area contributed by atoms with E-state index in [1.165, 1.54) is 57.1 Å².